The molecule has 0 aliphatic carbocycles. The van der Waals surface area contributed by atoms with Gasteiger partial charge in [0, 0.05) is 6.20 Å². The van der Waals surface area contributed by atoms with Gasteiger partial charge in [-0.3, -0.25) is 19.3 Å². The van der Waals surface area contributed by atoms with E-state index in [1.807, 2.05) is 0 Å². The molecule has 1 aliphatic heterocycles. The molecule has 0 unspecified atom stereocenters. The Kier molecular flexibility index (Phi) is 5.81. The average molecular weight is 383 g/mol. The van der Waals surface area contributed by atoms with Gasteiger partial charge in [0.1, 0.15) is 17.9 Å². The first kappa shape index (κ1) is 19.6. The lowest BCUT2D eigenvalue weighted by Gasteiger charge is -2.19. The number of ether oxygens (including phenoxy) is 1. The van der Waals surface area contributed by atoms with E-state index in [4.69, 9.17) is 16.3 Å². The normalized spacial score (nSPS) is 20.5. The summed E-state index contributed by atoms with van der Waals surface area (Å²) in [4.78, 5) is 52.8. The Balaban J connectivity index is 1.90. The highest BCUT2D eigenvalue weighted by atomic mass is 35.5. The molecule has 10 heteroatoms. The van der Waals surface area contributed by atoms with Crippen LogP contribution in [0.4, 0.5) is 10.6 Å². The summed E-state index contributed by atoms with van der Waals surface area (Å²) in [5.41, 5.74) is -1.04. The SMILES string of the molecule is CC[C@@]1(C)NC(=O)N(CC(=O)O[C@@H](C)C(=O)Nc2ccc(Cl)cn2)C1=O. The molecule has 0 saturated carbocycles. The second kappa shape index (κ2) is 7.69. The van der Waals surface area contributed by atoms with Crippen LogP contribution in [0, 0.1) is 0 Å². The van der Waals surface area contributed by atoms with Gasteiger partial charge in [-0.25, -0.2) is 9.78 Å². The molecule has 9 nitrogen and oxygen atoms in total. The lowest BCUT2D eigenvalue weighted by atomic mass is 9.99. The van der Waals surface area contributed by atoms with Crippen molar-refractivity contribution in [3.8, 4) is 0 Å². The molecule has 0 radical (unpaired) electrons. The van der Waals surface area contributed by atoms with Gasteiger partial charge >= 0.3 is 12.0 Å². The second-order valence-electron chi connectivity index (χ2n) is 5.99. The van der Waals surface area contributed by atoms with E-state index in [0.717, 1.165) is 4.90 Å². The smallest absolute Gasteiger partial charge is 0.327 e. The van der Waals surface area contributed by atoms with Crippen LogP contribution in [0.2, 0.25) is 5.02 Å². The Hall–Kier alpha value is -2.68. The van der Waals surface area contributed by atoms with E-state index in [9.17, 15) is 19.2 Å². The number of rotatable bonds is 6. The van der Waals surface area contributed by atoms with Crippen LogP contribution in [0.25, 0.3) is 0 Å². The summed E-state index contributed by atoms with van der Waals surface area (Å²) < 4.78 is 4.99. The number of hydrogen-bond donors (Lipinski definition) is 2. The van der Waals surface area contributed by atoms with Crippen molar-refractivity contribution in [3.63, 3.8) is 0 Å². The number of carbonyl (C=O) groups is 4. The van der Waals surface area contributed by atoms with Gasteiger partial charge in [-0.05, 0) is 32.4 Å². The van der Waals surface area contributed by atoms with E-state index >= 15 is 0 Å². The van der Waals surface area contributed by atoms with Crippen LogP contribution in [0.1, 0.15) is 27.2 Å². The van der Waals surface area contributed by atoms with Gasteiger partial charge in [0.25, 0.3) is 11.8 Å². The zero-order valence-electron chi connectivity index (χ0n) is 14.5. The zero-order valence-corrected chi connectivity index (χ0v) is 15.3. The topological polar surface area (TPSA) is 118 Å². The number of amides is 4. The number of halogens is 1. The van der Waals surface area contributed by atoms with Crippen molar-refractivity contribution in [1.29, 1.82) is 0 Å². The number of esters is 1. The minimum absolute atomic E-state index is 0.245. The molecule has 1 fully saturated rings. The Morgan fingerprint density at radius 2 is 2.12 bits per heavy atom. The van der Waals surface area contributed by atoms with Crippen molar-refractivity contribution >= 4 is 41.2 Å². The van der Waals surface area contributed by atoms with Crippen molar-refractivity contribution in [2.45, 2.75) is 38.8 Å². The average Bonchev–Trinajstić information content (AvgIpc) is 2.80. The molecule has 1 aromatic heterocycles. The minimum atomic E-state index is -1.14. The predicted molar refractivity (Wildman–Crippen MR) is 92.4 cm³/mol. The summed E-state index contributed by atoms with van der Waals surface area (Å²) in [7, 11) is 0. The number of hydrogen-bond acceptors (Lipinski definition) is 6. The largest absolute Gasteiger partial charge is 0.451 e. The van der Waals surface area contributed by atoms with Crippen molar-refractivity contribution < 1.29 is 23.9 Å². The van der Waals surface area contributed by atoms with Crippen LogP contribution >= 0.6 is 11.6 Å². The van der Waals surface area contributed by atoms with Gasteiger partial charge < -0.3 is 15.4 Å². The molecule has 1 aromatic rings. The quantitative estimate of drug-likeness (QED) is 0.566. The first-order valence-corrected chi connectivity index (χ1v) is 8.30. The summed E-state index contributed by atoms with van der Waals surface area (Å²) in [6.07, 6.45) is 0.602. The molecule has 0 spiro atoms. The summed E-state index contributed by atoms with van der Waals surface area (Å²) in [5.74, 6) is -1.75. The first-order valence-electron chi connectivity index (χ1n) is 7.92. The molecule has 140 valence electrons. The van der Waals surface area contributed by atoms with Crippen molar-refractivity contribution in [2.75, 3.05) is 11.9 Å². The fourth-order valence-electron chi connectivity index (χ4n) is 2.22. The van der Waals surface area contributed by atoms with Crippen molar-refractivity contribution in [1.82, 2.24) is 15.2 Å². The van der Waals surface area contributed by atoms with E-state index < -0.39 is 42.0 Å². The zero-order chi connectivity index (χ0) is 19.5. The van der Waals surface area contributed by atoms with Crippen LogP contribution in [0.3, 0.4) is 0 Å². The fraction of sp³-hybridized carbons (Fsp3) is 0.438. The Labute approximate surface area is 155 Å². The van der Waals surface area contributed by atoms with E-state index in [1.54, 1.807) is 19.9 Å². The van der Waals surface area contributed by atoms with Crippen LogP contribution in [-0.2, 0) is 19.1 Å². The molecule has 26 heavy (non-hydrogen) atoms. The number of pyridine rings is 1. The van der Waals surface area contributed by atoms with E-state index in [-0.39, 0.29) is 5.82 Å². The number of imide groups is 1. The molecule has 2 N–H and O–H groups in total. The van der Waals surface area contributed by atoms with Gasteiger partial charge in [-0.2, -0.15) is 0 Å². The molecule has 2 atom stereocenters. The van der Waals surface area contributed by atoms with Crippen LogP contribution in [-0.4, -0.2) is 51.9 Å². The monoisotopic (exact) mass is 382 g/mol. The maximum atomic E-state index is 12.2. The number of anilines is 1. The number of nitrogens with zero attached hydrogens (tertiary/aromatic N) is 2. The van der Waals surface area contributed by atoms with E-state index in [1.165, 1.54) is 19.2 Å². The minimum Gasteiger partial charge on any atom is -0.451 e. The van der Waals surface area contributed by atoms with Crippen LogP contribution < -0.4 is 10.6 Å². The standard InChI is InChI=1S/C16H19ClN4O5/c1-4-16(3)14(24)21(15(25)20-16)8-12(22)26-9(2)13(23)19-11-6-5-10(17)7-18-11/h5-7,9H,4,8H2,1-3H3,(H,20,25)(H,18,19,23)/t9-,16+/m0/s1. The van der Waals surface area contributed by atoms with Crippen LogP contribution in [0.15, 0.2) is 18.3 Å². The molecule has 2 rings (SSSR count). The maximum Gasteiger partial charge on any atom is 0.327 e. The lowest BCUT2D eigenvalue weighted by Crippen LogP contribution is -2.44. The Morgan fingerprint density at radius 3 is 2.65 bits per heavy atom. The van der Waals surface area contributed by atoms with E-state index in [2.05, 4.69) is 15.6 Å². The Morgan fingerprint density at radius 1 is 1.42 bits per heavy atom. The molecule has 1 saturated heterocycles. The van der Waals surface area contributed by atoms with E-state index in [0.29, 0.717) is 11.4 Å². The third-order valence-corrected chi connectivity index (χ3v) is 4.22. The van der Waals surface area contributed by atoms with Gasteiger partial charge in [0.15, 0.2) is 6.10 Å². The third kappa shape index (κ3) is 4.29. The molecule has 0 aromatic carbocycles. The van der Waals surface area contributed by atoms with Crippen molar-refractivity contribution in [2.24, 2.45) is 0 Å². The number of nitrogens with one attached hydrogen (secondary N) is 2. The van der Waals surface area contributed by atoms with Crippen LogP contribution in [0.5, 0.6) is 0 Å². The lowest BCUT2D eigenvalue weighted by molar-refractivity contribution is -0.155. The Bertz CT molecular complexity index is 739. The van der Waals surface area contributed by atoms with Gasteiger partial charge in [-0.1, -0.05) is 18.5 Å². The molecule has 0 bridgehead atoms. The molecular formula is C16H19ClN4O5. The van der Waals surface area contributed by atoms with Gasteiger partial charge in [0.2, 0.25) is 0 Å². The maximum absolute atomic E-state index is 12.2. The number of aromatic nitrogens is 1. The molecular weight excluding hydrogens is 364 g/mol. The first-order chi connectivity index (χ1) is 12.2. The highest BCUT2D eigenvalue weighted by molar-refractivity contribution is 6.30. The molecule has 1 aliphatic rings. The third-order valence-electron chi connectivity index (χ3n) is 4.00. The summed E-state index contributed by atoms with van der Waals surface area (Å²) in [6, 6.07) is 2.37. The highest BCUT2D eigenvalue weighted by Crippen LogP contribution is 2.20. The number of carbonyl (C=O) groups excluding carboxylic acids is 4. The highest BCUT2D eigenvalue weighted by Gasteiger charge is 2.47. The van der Waals surface area contributed by atoms with Gasteiger partial charge in [0.05, 0.1) is 5.02 Å². The fourth-order valence-corrected chi connectivity index (χ4v) is 2.34. The predicted octanol–water partition coefficient (Wildman–Crippen LogP) is 1.33. The summed E-state index contributed by atoms with van der Waals surface area (Å²) in [5, 5.41) is 5.40. The van der Waals surface area contributed by atoms with Crippen molar-refractivity contribution in [3.05, 3.63) is 23.4 Å². The molecule has 2 heterocycles. The van der Waals surface area contributed by atoms with Gasteiger partial charge in [-0.15, -0.1) is 0 Å². The summed E-state index contributed by atoms with van der Waals surface area (Å²) >= 11 is 5.71. The number of urea groups is 1. The molecule has 4 amide bonds. The second-order valence-corrected chi connectivity index (χ2v) is 6.43. The summed E-state index contributed by atoms with van der Waals surface area (Å²) in [6.45, 7) is 4.12.